The van der Waals surface area contributed by atoms with Crippen molar-refractivity contribution < 1.29 is 0 Å². The van der Waals surface area contributed by atoms with Crippen LogP contribution in [0.2, 0.25) is 5.15 Å². The molecule has 0 aliphatic heterocycles. The number of rotatable bonds is 2. The maximum Gasteiger partial charge on any atom is 0.133 e. The highest BCUT2D eigenvalue weighted by atomic mass is 35.5. The molecule has 0 spiro atoms. The molecule has 0 fully saturated rings. The van der Waals surface area contributed by atoms with Crippen molar-refractivity contribution in [1.82, 2.24) is 15.0 Å². The van der Waals surface area contributed by atoms with Crippen molar-refractivity contribution in [2.24, 2.45) is 0 Å². The lowest BCUT2D eigenvalue weighted by Gasteiger charge is -1.99. The van der Waals surface area contributed by atoms with Crippen LogP contribution in [0.4, 0.5) is 0 Å². The minimum atomic E-state index is 0.455. The zero-order valence-corrected chi connectivity index (χ0v) is 8.66. The molecule has 0 aromatic carbocycles. The molecule has 0 N–H and O–H groups in total. The van der Waals surface area contributed by atoms with E-state index in [2.05, 4.69) is 15.0 Å². The van der Waals surface area contributed by atoms with E-state index in [1.165, 1.54) is 18.1 Å². The van der Waals surface area contributed by atoms with Gasteiger partial charge >= 0.3 is 0 Å². The van der Waals surface area contributed by atoms with Crippen LogP contribution in [0.5, 0.6) is 0 Å². The van der Waals surface area contributed by atoms with Gasteiger partial charge in [-0.25, -0.2) is 9.97 Å². The van der Waals surface area contributed by atoms with Gasteiger partial charge in [-0.2, -0.15) is 0 Å². The number of halogens is 1. The predicted molar refractivity (Wildman–Crippen MR) is 55.4 cm³/mol. The van der Waals surface area contributed by atoms with Gasteiger partial charge in [-0.3, -0.25) is 4.98 Å². The van der Waals surface area contributed by atoms with E-state index < -0.39 is 0 Å². The third kappa shape index (κ3) is 2.43. The van der Waals surface area contributed by atoms with Crippen LogP contribution >= 0.6 is 23.4 Å². The highest BCUT2D eigenvalue weighted by Crippen LogP contribution is 2.25. The molecule has 0 unspecified atom stereocenters. The van der Waals surface area contributed by atoms with Gasteiger partial charge in [0.1, 0.15) is 16.5 Å². The van der Waals surface area contributed by atoms with Crippen LogP contribution in [-0.2, 0) is 0 Å². The number of pyridine rings is 1. The van der Waals surface area contributed by atoms with Crippen LogP contribution in [0.15, 0.2) is 46.8 Å². The number of hydrogen-bond acceptors (Lipinski definition) is 4. The zero-order valence-electron chi connectivity index (χ0n) is 7.09. The first-order chi connectivity index (χ1) is 6.84. The summed E-state index contributed by atoms with van der Waals surface area (Å²) in [5.74, 6) is 0. The van der Waals surface area contributed by atoms with E-state index >= 15 is 0 Å². The maximum absolute atomic E-state index is 5.73. The Morgan fingerprint density at radius 1 is 1.14 bits per heavy atom. The molecule has 2 heterocycles. The third-order valence-corrected chi connectivity index (χ3v) is 2.63. The highest BCUT2D eigenvalue weighted by Gasteiger charge is 1.99. The Morgan fingerprint density at radius 2 is 1.93 bits per heavy atom. The van der Waals surface area contributed by atoms with Crippen molar-refractivity contribution in [1.29, 1.82) is 0 Å². The van der Waals surface area contributed by atoms with Crippen LogP contribution in [0, 0.1) is 0 Å². The summed E-state index contributed by atoms with van der Waals surface area (Å²) >= 11 is 7.26. The lowest BCUT2D eigenvalue weighted by Crippen LogP contribution is -1.82. The van der Waals surface area contributed by atoms with E-state index in [0.29, 0.717) is 5.15 Å². The smallest absolute Gasteiger partial charge is 0.133 e. The quantitative estimate of drug-likeness (QED) is 0.734. The molecular formula is C9H6ClN3S. The van der Waals surface area contributed by atoms with Gasteiger partial charge in [-0.15, -0.1) is 0 Å². The third-order valence-electron chi connectivity index (χ3n) is 1.48. The SMILES string of the molecule is Clc1cc(Sc2ccncc2)ncn1. The fraction of sp³-hybridized carbons (Fsp3) is 0. The molecule has 0 aliphatic rings. The first kappa shape index (κ1) is 9.43. The standard InChI is InChI=1S/C9H6ClN3S/c10-8-5-9(13-6-12-8)14-7-1-3-11-4-2-7/h1-6H. The van der Waals surface area contributed by atoms with Crippen molar-refractivity contribution in [2.45, 2.75) is 9.92 Å². The average molecular weight is 224 g/mol. The summed E-state index contributed by atoms with van der Waals surface area (Å²) in [4.78, 5) is 12.9. The van der Waals surface area contributed by atoms with E-state index in [4.69, 9.17) is 11.6 Å². The van der Waals surface area contributed by atoms with Gasteiger partial charge in [-0.05, 0) is 12.1 Å². The molecule has 2 aromatic heterocycles. The van der Waals surface area contributed by atoms with Crippen LogP contribution in [0.1, 0.15) is 0 Å². The zero-order chi connectivity index (χ0) is 9.80. The molecule has 5 heteroatoms. The van der Waals surface area contributed by atoms with Crippen molar-refractivity contribution in [3.8, 4) is 0 Å². The summed E-state index contributed by atoms with van der Waals surface area (Å²) < 4.78 is 0. The van der Waals surface area contributed by atoms with Gasteiger partial charge in [-0.1, -0.05) is 23.4 Å². The van der Waals surface area contributed by atoms with E-state index in [-0.39, 0.29) is 0 Å². The van der Waals surface area contributed by atoms with Gasteiger partial charge in [0.05, 0.1) is 0 Å². The second-order valence-corrected chi connectivity index (χ2v) is 3.94. The fourth-order valence-electron chi connectivity index (χ4n) is 0.900. The average Bonchev–Trinajstić information content (AvgIpc) is 2.19. The molecule has 0 aliphatic carbocycles. The minimum absolute atomic E-state index is 0.455. The Kier molecular flexibility index (Phi) is 2.96. The summed E-state index contributed by atoms with van der Waals surface area (Å²) in [6.07, 6.45) is 4.93. The molecule has 0 radical (unpaired) electrons. The van der Waals surface area contributed by atoms with Crippen LogP contribution in [-0.4, -0.2) is 15.0 Å². The molecule has 0 saturated heterocycles. The number of nitrogens with zero attached hydrogens (tertiary/aromatic N) is 3. The number of hydrogen-bond donors (Lipinski definition) is 0. The molecule has 14 heavy (non-hydrogen) atoms. The van der Waals surface area contributed by atoms with Crippen molar-refractivity contribution in [2.75, 3.05) is 0 Å². The van der Waals surface area contributed by atoms with E-state index in [1.54, 1.807) is 18.5 Å². The second-order valence-electron chi connectivity index (χ2n) is 2.46. The summed E-state index contributed by atoms with van der Waals surface area (Å²) in [6.45, 7) is 0. The van der Waals surface area contributed by atoms with Crippen molar-refractivity contribution >= 4 is 23.4 Å². The van der Waals surface area contributed by atoms with Crippen molar-refractivity contribution in [3.05, 3.63) is 42.1 Å². The minimum Gasteiger partial charge on any atom is -0.265 e. The monoisotopic (exact) mass is 223 g/mol. The summed E-state index contributed by atoms with van der Waals surface area (Å²) in [5.41, 5.74) is 0. The predicted octanol–water partition coefficient (Wildman–Crippen LogP) is 2.68. The van der Waals surface area contributed by atoms with E-state index in [0.717, 1.165) is 9.92 Å². The summed E-state index contributed by atoms with van der Waals surface area (Å²) in [7, 11) is 0. The number of aromatic nitrogens is 3. The van der Waals surface area contributed by atoms with Gasteiger partial charge < -0.3 is 0 Å². The maximum atomic E-state index is 5.73. The fourth-order valence-corrected chi connectivity index (χ4v) is 1.88. The van der Waals surface area contributed by atoms with Gasteiger partial charge in [0.2, 0.25) is 0 Å². The Labute approximate surface area is 90.6 Å². The molecule has 0 saturated carbocycles. The Bertz CT molecular complexity index is 421. The molecule has 0 amide bonds. The first-order valence-electron chi connectivity index (χ1n) is 3.90. The molecule has 0 atom stereocenters. The molecule has 70 valence electrons. The molecule has 3 nitrogen and oxygen atoms in total. The largest absolute Gasteiger partial charge is 0.265 e. The lowest BCUT2D eigenvalue weighted by atomic mass is 10.5. The molecular weight excluding hydrogens is 218 g/mol. The lowest BCUT2D eigenvalue weighted by molar-refractivity contribution is 1.05. The van der Waals surface area contributed by atoms with Crippen LogP contribution in [0.25, 0.3) is 0 Å². The molecule has 0 bridgehead atoms. The highest BCUT2D eigenvalue weighted by molar-refractivity contribution is 7.99. The summed E-state index contributed by atoms with van der Waals surface area (Å²) in [5, 5.41) is 1.28. The van der Waals surface area contributed by atoms with Crippen LogP contribution in [0.3, 0.4) is 0 Å². The topological polar surface area (TPSA) is 38.7 Å². The normalized spacial score (nSPS) is 10.1. The van der Waals surface area contributed by atoms with Gasteiger partial charge in [0.15, 0.2) is 0 Å². The summed E-state index contributed by atoms with van der Waals surface area (Å²) in [6, 6.07) is 5.56. The van der Waals surface area contributed by atoms with Crippen molar-refractivity contribution in [3.63, 3.8) is 0 Å². The Morgan fingerprint density at radius 3 is 2.64 bits per heavy atom. The second kappa shape index (κ2) is 4.39. The van der Waals surface area contributed by atoms with E-state index in [1.807, 2.05) is 12.1 Å². The first-order valence-corrected chi connectivity index (χ1v) is 5.09. The van der Waals surface area contributed by atoms with Gasteiger partial charge in [0.25, 0.3) is 0 Å². The van der Waals surface area contributed by atoms with Gasteiger partial charge in [0, 0.05) is 23.4 Å². The Hall–Kier alpha value is -1.13. The molecule has 2 rings (SSSR count). The molecule has 2 aromatic rings. The Balaban J connectivity index is 2.19. The van der Waals surface area contributed by atoms with Crippen LogP contribution < -0.4 is 0 Å². The van der Waals surface area contributed by atoms with E-state index in [9.17, 15) is 0 Å².